The predicted molar refractivity (Wildman–Crippen MR) is 94.7 cm³/mol. The van der Waals surface area contributed by atoms with E-state index in [4.69, 9.17) is 4.74 Å². The quantitative estimate of drug-likeness (QED) is 0.591. The van der Waals surface area contributed by atoms with Gasteiger partial charge in [-0.3, -0.25) is 10.1 Å². The fraction of sp³-hybridized carbons (Fsp3) is 0.611. The average molecular weight is 365 g/mol. The molecule has 0 saturated carbocycles. The first-order valence-electron chi connectivity index (χ1n) is 8.85. The molecule has 2 aliphatic rings. The third kappa shape index (κ3) is 3.59. The van der Waals surface area contributed by atoms with E-state index in [1.807, 2.05) is 20.8 Å². The summed E-state index contributed by atoms with van der Waals surface area (Å²) in [4.78, 5) is 26.6. The van der Waals surface area contributed by atoms with Crippen molar-refractivity contribution < 1.29 is 18.8 Å². The number of likely N-dealkylation sites (tertiary alicyclic amines) is 1. The lowest BCUT2D eigenvalue weighted by atomic mass is 9.91. The Morgan fingerprint density at radius 2 is 2.00 bits per heavy atom. The summed E-state index contributed by atoms with van der Waals surface area (Å²) in [5.41, 5.74) is -0.828. The van der Waals surface area contributed by atoms with Crippen molar-refractivity contribution >= 4 is 17.5 Å². The number of benzene rings is 1. The summed E-state index contributed by atoms with van der Waals surface area (Å²) in [7, 11) is 0. The molecule has 1 aromatic carbocycles. The first-order chi connectivity index (χ1) is 12.2. The second-order valence-electron chi connectivity index (χ2n) is 7.89. The molecule has 2 saturated heterocycles. The number of anilines is 1. The molecule has 0 aliphatic carbocycles. The maximum atomic E-state index is 14.4. The van der Waals surface area contributed by atoms with Gasteiger partial charge in [0.2, 0.25) is 0 Å². The number of halogens is 1. The zero-order valence-electron chi connectivity index (χ0n) is 15.3. The zero-order chi connectivity index (χ0) is 19.1. The molecule has 3 rings (SSSR count). The van der Waals surface area contributed by atoms with E-state index in [9.17, 15) is 19.3 Å². The Morgan fingerprint density at radius 1 is 1.31 bits per heavy atom. The van der Waals surface area contributed by atoms with E-state index in [0.29, 0.717) is 25.6 Å². The number of ether oxygens (including phenoxy) is 1. The Bertz CT molecular complexity index is 719. The van der Waals surface area contributed by atoms with Gasteiger partial charge in [-0.1, -0.05) is 6.07 Å². The van der Waals surface area contributed by atoms with Crippen molar-refractivity contribution in [1.29, 1.82) is 0 Å². The minimum absolute atomic E-state index is 0.00647. The van der Waals surface area contributed by atoms with Crippen LogP contribution in [0.15, 0.2) is 18.2 Å². The van der Waals surface area contributed by atoms with Gasteiger partial charge < -0.3 is 14.5 Å². The fourth-order valence-corrected chi connectivity index (χ4v) is 3.86. The highest BCUT2D eigenvalue weighted by Gasteiger charge is 2.43. The molecule has 0 N–H and O–H groups in total. The van der Waals surface area contributed by atoms with Crippen molar-refractivity contribution in [3.8, 4) is 0 Å². The van der Waals surface area contributed by atoms with Crippen molar-refractivity contribution in [3.63, 3.8) is 0 Å². The smallest absolute Gasteiger partial charge is 0.410 e. The third-order valence-corrected chi connectivity index (χ3v) is 4.97. The van der Waals surface area contributed by atoms with E-state index >= 15 is 0 Å². The zero-order valence-corrected chi connectivity index (χ0v) is 15.3. The molecule has 0 bridgehead atoms. The van der Waals surface area contributed by atoms with Crippen LogP contribution in [0.1, 0.15) is 33.6 Å². The highest BCUT2D eigenvalue weighted by molar-refractivity contribution is 5.70. The standard InChI is InChI=1S/C18H24FN3O4/c1-18(2,3)26-17(23)21-10-8-12-7-9-20(11-15(12)21)16-13(19)5-4-6-14(16)22(24)25/h4-6,12,15H,7-11H2,1-3H3. The Kier molecular flexibility index (Phi) is 4.77. The van der Waals surface area contributed by atoms with Gasteiger partial charge in [-0.05, 0) is 45.6 Å². The number of para-hydroxylation sites is 1. The monoisotopic (exact) mass is 365 g/mol. The number of piperidine rings is 1. The van der Waals surface area contributed by atoms with Crippen LogP contribution >= 0.6 is 0 Å². The lowest BCUT2D eigenvalue weighted by Crippen LogP contribution is -2.51. The highest BCUT2D eigenvalue weighted by Crippen LogP contribution is 2.38. The molecule has 2 aliphatic heterocycles. The van der Waals surface area contributed by atoms with E-state index in [0.717, 1.165) is 12.8 Å². The van der Waals surface area contributed by atoms with Crippen LogP contribution in [0.3, 0.4) is 0 Å². The fourth-order valence-electron chi connectivity index (χ4n) is 3.86. The Labute approximate surface area is 151 Å². The Morgan fingerprint density at radius 3 is 2.65 bits per heavy atom. The molecule has 1 aromatic rings. The lowest BCUT2D eigenvalue weighted by Gasteiger charge is -2.39. The molecule has 2 fully saturated rings. The predicted octanol–water partition coefficient (Wildman–Crippen LogP) is 3.57. The molecular formula is C18H24FN3O4. The topological polar surface area (TPSA) is 75.9 Å². The van der Waals surface area contributed by atoms with E-state index in [1.165, 1.54) is 18.2 Å². The number of nitro groups is 1. The third-order valence-electron chi connectivity index (χ3n) is 4.97. The van der Waals surface area contributed by atoms with Gasteiger partial charge in [-0.25, -0.2) is 9.18 Å². The summed E-state index contributed by atoms with van der Waals surface area (Å²) in [5.74, 6) is -0.302. The van der Waals surface area contributed by atoms with Crippen LogP contribution < -0.4 is 4.90 Å². The van der Waals surface area contributed by atoms with Crippen LogP contribution in [0.5, 0.6) is 0 Å². The van der Waals surface area contributed by atoms with E-state index in [2.05, 4.69) is 0 Å². The van der Waals surface area contributed by atoms with Crippen LogP contribution in [-0.2, 0) is 4.74 Å². The first-order valence-corrected chi connectivity index (χ1v) is 8.85. The number of hydrogen-bond acceptors (Lipinski definition) is 5. The maximum Gasteiger partial charge on any atom is 0.410 e. The molecule has 7 nitrogen and oxygen atoms in total. The maximum absolute atomic E-state index is 14.4. The Balaban J connectivity index is 1.83. The molecule has 26 heavy (non-hydrogen) atoms. The summed E-state index contributed by atoms with van der Waals surface area (Å²) in [6, 6.07) is 3.75. The molecule has 1 amide bonds. The lowest BCUT2D eigenvalue weighted by molar-refractivity contribution is -0.384. The molecule has 142 valence electrons. The van der Waals surface area contributed by atoms with Crippen LogP contribution in [0, 0.1) is 21.8 Å². The number of rotatable bonds is 2. The summed E-state index contributed by atoms with van der Waals surface area (Å²) in [6.07, 6.45) is 1.25. The minimum atomic E-state index is -0.612. The van der Waals surface area contributed by atoms with Crippen LogP contribution in [0.2, 0.25) is 0 Å². The van der Waals surface area contributed by atoms with Gasteiger partial charge in [0.1, 0.15) is 5.60 Å². The van der Waals surface area contributed by atoms with Gasteiger partial charge in [0.25, 0.3) is 5.69 Å². The van der Waals surface area contributed by atoms with E-state index < -0.39 is 16.3 Å². The minimum Gasteiger partial charge on any atom is -0.444 e. The van der Waals surface area contributed by atoms with Gasteiger partial charge in [-0.15, -0.1) is 0 Å². The van der Waals surface area contributed by atoms with Crippen molar-refractivity contribution in [2.24, 2.45) is 5.92 Å². The number of carbonyl (C=O) groups is 1. The van der Waals surface area contributed by atoms with Crippen molar-refractivity contribution in [2.75, 3.05) is 24.5 Å². The van der Waals surface area contributed by atoms with Gasteiger partial charge in [0.15, 0.2) is 11.5 Å². The largest absolute Gasteiger partial charge is 0.444 e. The molecule has 2 unspecified atom stereocenters. The van der Waals surface area contributed by atoms with Gasteiger partial charge in [0.05, 0.1) is 11.0 Å². The van der Waals surface area contributed by atoms with Gasteiger partial charge in [0, 0.05) is 25.7 Å². The van der Waals surface area contributed by atoms with Crippen LogP contribution in [0.4, 0.5) is 20.6 Å². The number of hydrogen-bond donors (Lipinski definition) is 0. The number of nitro benzene ring substituents is 1. The van der Waals surface area contributed by atoms with Crippen molar-refractivity contribution in [3.05, 3.63) is 34.1 Å². The average Bonchev–Trinajstić information content (AvgIpc) is 2.96. The second kappa shape index (κ2) is 6.74. The number of carbonyl (C=O) groups excluding carboxylic acids is 1. The second-order valence-corrected chi connectivity index (χ2v) is 7.89. The van der Waals surface area contributed by atoms with E-state index in [1.54, 1.807) is 9.80 Å². The summed E-state index contributed by atoms with van der Waals surface area (Å²) >= 11 is 0. The molecule has 8 heteroatoms. The molecular weight excluding hydrogens is 341 g/mol. The van der Waals surface area contributed by atoms with Crippen LogP contribution in [-0.4, -0.2) is 47.2 Å². The SMILES string of the molecule is CC(C)(C)OC(=O)N1CCC2CCN(c3c(F)cccc3[N+](=O)[O-])CC21. The van der Waals surface area contributed by atoms with Crippen molar-refractivity contribution in [1.82, 2.24) is 4.90 Å². The van der Waals surface area contributed by atoms with Gasteiger partial charge >= 0.3 is 6.09 Å². The van der Waals surface area contributed by atoms with E-state index in [-0.39, 0.29) is 23.5 Å². The molecule has 0 radical (unpaired) electrons. The normalized spacial score (nSPS) is 22.9. The van der Waals surface area contributed by atoms with Crippen molar-refractivity contribution in [2.45, 2.75) is 45.3 Å². The first kappa shape index (κ1) is 18.4. The highest BCUT2D eigenvalue weighted by atomic mass is 19.1. The van der Waals surface area contributed by atoms with Gasteiger partial charge in [-0.2, -0.15) is 0 Å². The summed E-state index contributed by atoms with van der Waals surface area (Å²) < 4.78 is 19.8. The summed E-state index contributed by atoms with van der Waals surface area (Å²) in [5, 5.41) is 11.3. The number of amides is 1. The number of nitrogens with zero attached hydrogens (tertiary/aromatic N) is 3. The molecule has 0 spiro atoms. The van der Waals surface area contributed by atoms with Crippen LogP contribution in [0.25, 0.3) is 0 Å². The Hall–Kier alpha value is -2.38. The molecule has 2 atom stereocenters. The molecule has 2 heterocycles. The molecule has 0 aromatic heterocycles. The number of fused-ring (bicyclic) bond motifs is 1. The summed E-state index contributed by atoms with van der Waals surface area (Å²) in [6.45, 7) is 6.94.